The zero-order valence-electron chi connectivity index (χ0n) is 21.2. The number of H-pyrrole nitrogens is 1. The molecule has 11 nitrogen and oxygen atoms in total. The minimum absolute atomic E-state index is 0.243. The summed E-state index contributed by atoms with van der Waals surface area (Å²) in [5.74, 6) is -4.10. The third kappa shape index (κ3) is 7.28. The van der Waals surface area contributed by atoms with Gasteiger partial charge in [0.15, 0.2) is 0 Å². The quantitative estimate of drug-likeness (QED) is 0.216. The summed E-state index contributed by atoms with van der Waals surface area (Å²) in [6, 6.07) is 3.03. The molecule has 3 amide bonds. The number of aliphatic hydroxyl groups is 1. The summed E-state index contributed by atoms with van der Waals surface area (Å²) in [6.45, 7) is 7.98. The summed E-state index contributed by atoms with van der Waals surface area (Å²) >= 11 is 0. The second-order valence-electron chi connectivity index (χ2n) is 9.70. The van der Waals surface area contributed by atoms with Crippen molar-refractivity contribution in [2.45, 2.75) is 71.3 Å². The number of fused-ring (bicyclic) bond motifs is 1. The maximum absolute atomic E-state index is 13.0. The molecule has 0 saturated heterocycles. The van der Waals surface area contributed by atoms with E-state index in [2.05, 4.69) is 20.9 Å². The second-order valence-corrected chi connectivity index (χ2v) is 9.70. The monoisotopic (exact) mass is 503 g/mol. The van der Waals surface area contributed by atoms with Gasteiger partial charge in [-0.3, -0.25) is 14.4 Å². The molecule has 0 aliphatic heterocycles. The molecule has 0 bridgehead atoms. The van der Waals surface area contributed by atoms with Crippen LogP contribution in [0.3, 0.4) is 0 Å². The number of para-hydroxylation sites is 1. The molecule has 0 saturated carbocycles. The van der Waals surface area contributed by atoms with Gasteiger partial charge in [0, 0.05) is 17.1 Å². The van der Waals surface area contributed by atoms with E-state index in [0.29, 0.717) is 0 Å². The number of benzene rings is 1. The molecule has 1 aromatic carbocycles. The Morgan fingerprint density at radius 3 is 1.94 bits per heavy atom. The molecule has 0 fully saturated rings. The number of amides is 3. The number of hydrogen-bond acceptors (Lipinski definition) is 6. The van der Waals surface area contributed by atoms with Crippen LogP contribution in [-0.4, -0.2) is 69.2 Å². The lowest BCUT2D eigenvalue weighted by Gasteiger charge is -2.28. The molecule has 198 valence electrons. The SMILES string of the molecule is CC(C)C(NC(=O)C(NC(=O)C(NC(=O)C(N)Cc1c[nH]c2ccccc12)C(C)C)C(C)O)C(=O)O. The molecule has 2 rings (SSSR count). The first-order chi connectivity index (χ1) is 16.8. The Hall–Kier alpha value is -3.44. The van der Waals surface area contributed by atoms with Crippen LogP contribution in [0.4, 0.5) is 0 Å². The minimum atomic E-state index is -1.42. The van der Waals surface area contributed by atoms with Gasteiger partial charge >= 0.3 is 5.97 Å². The highest BCUT2D eigenvalue weighted by molar-refractivity contribution is 5.94. The molecule has 1 aromatic heterocycles. The molecule has 5 atom stereocenters. The lowest BCUT2D eigenvalue weighted by Crippen LogP contribution is -2.61. The van der Waals surface area contributed by atoms with Gasteiger partial charge < -0.3 is 36.9 Å². The first-order valence-corrected chi connectivity index (χ1v) is 12.0. The van der Waals surface area contributed by atoms with Gasteiger partial charge in [-0.25, -0.2) is 4.79 Å². The number of carbonyl (C=O) groups is 4. The fourth-order valence-electron chi connectivity index (χ4n) is 3.83. The van der Waals surface area contributed by atoms with Gasteiger partial charge in [0.05, 0.1) is 12.1 Å². The number of aromatic nitrogens is 1. The van der Waals surface area contributed by atoms with E-state index in [1.54, 1.807) is 33.9 Å². The van der Waals surface area contributed by atoms with Crippen molar-refractivity contribution in [2.24, 2.45) is 17.6 Å². The molecule has 11 heteroatoms. The number of aromatic amines is 1. The number of nitrogens with two attached hydrogens (primary N) is 1. The zero-order valence-corrected chi connectivity index (χ0v) is 21.2. The van der Waals surface area contributed by atoms with Crippen molar-refractivity contribution in [3.63, 3.8) is 0 Å². The van der Waals surface area contributed by atoms with Gasteiger partial charge in [-0.05, 0) is 36.8 Å². The first kappa shape index (κ1) is 28.8. The summed E-state index contributed by atoms with van der Waals surface area (Å²) in [5.41, 5.74) is 7.92. The average Bonchev–Trinajstić information content (AvgIpc) is 3.20. The predicted octanol–water partition coefficient (Wildman–Crippen LogP) is 0.270. The number of nitrogens with one attached hydrogen (secondary N) is 4. The Kier molecular flexibility index (Phi) is 10.00. The van der Waals surface area contributed by atoms with Gasteiger partial charge in [0.2, 0.25) is 17.7 Å². The van der Waals surface area contributed by atoms with Crippen LogP contribution in [0.2, 0.25) is 0 Å². The Balaban J connectivity index is 2.09. The number of hydrogen-bond donors (Lipinski definition) is 7. The molecule has 1 heterocycles. The van der Waals surface area contributed by atoms with E-state index in [1.165, 1.54) is 6.92 Å². The second kappa shape index (κ2) is 12.5. The highest BCUT2D eigenvalue weighted by atomic mass is 16.4. The van der Waals surface area contributed by atoms with E-state index in [9.17, 15) is 29.4 Å². The molecule has 36 heavy (non-hydrogen) atoms. The van der Waals surface area contributed by atoms with Crippen LogP contribution in [0.15, 0.2) is 30.5 Å². The first-order valence-electron chi connectivity index (χ1n) is 12.0. The topological polar surface area (TPSA) is 187 Å². The molecular formula is C25H37N5O6. The van der Waals surface area contributed by atoms with Crippen molar-refractivity contribution < 1.29 is 29.4 Å². The van der Waals surface area contributed by atoms with E-state index >= 15 is 0 Å². The van der Waals surface area contributed by atoms with Crippen LogP contribution >= 0.6 is 0 Å². The van der Waals surface area contributed by atoms with Crippen molar-refractivity contribution in [1.82, 2.24) is 20.9 Å². The van der Waals surface area contributed by atoms with Crippen molar-refractivity contribution >= 4 is 34.6 Å². The Labute approximate surface area is 210 Å². The molecule has 5 unspecified atom stereocenters. The summed E-state index contributed by atoms with van der Waals surface area (Å²) < 4.78 is 0. The third-order valence-electron chi connectivity index (χ3n) is 5.99. The van der Waals surface area contributed by atoms with Crippen molar-refractivity contribution in [3.05, 3.63) is 36.0 Å². The molecule has 0 spiro atoms. The Bertz CT molecular complexity index is 1080. The van der Waals surface area contributed by atoms with Gasteiger partial charge in [0.1, 0.15) is 18.1 Å². The number of carbonyl (C=O) groups excluding carboxylic acids is 3. The van der Waals surface area contributed by atoms with E-state index in [0.717, 1.165) is 16.5 Å². The molecule has 8 N–H and O–H groups in total. The van der Waals surface area contributed by atoms with Gasteiger partial charge in [-0.15, -0.1) is 0 Å². The van der Waals surface area contributed by atoms with Crippen LogP contribution < -0.4 is 21.7 Å². The Morgan fingerprint density at radius 1 is 0.861 bits per heavy atom. The number of rotatable bonds is 12. The molecule has 0 radical (unpaired) electrons. The number of aliphatic hydroxyl groups excluding tert-OH is 1. The van der Waals surface area contributed by atoms with E-state index in [1.807, 2.05) is 24.3 Å². The number of aliphatic carboxylic acids is 1. The molecule has 0 aliphatic carbocycles. The van der Waals surface area contributed by atoms with E-state index in [-0.39, 0.29) is 12.3 Å². The lowest BCUT2D eigenvalue weighted by atomic mass is 10.00. The summed E-state index contributed by atoms with van der Waals surface area (Å²) in [4.78, 5) is 53.1. The van der Waals surface area contributed by atoms with Gasteiger partial charge in [-0.1, -0.05) is 45.9 Å². The fraction of sp³-hybridized carbons (Fsp3) is 0.520. The fourth-order valence-corrected chi connectivity index (χ4v) is 3.83. The number of carboxylic acids is 1. The third-order valence-corrected chi connectivity index (χ3v) is 5.99. The van der Waals surface area contributed by atoms with Crippen molar-refractivity contribution in [1.29, 1.82) is 0 Å². The predicted molar refractivity (Wildman–Crippen MR) is 135 cm³/mol. The molecule has 2 aromatic rings. The standard InChI is InChI=1S/C25H37N5O6/c1-12(2)19(23(33)30-21(14(5)31)24(34)29-20(13(3)4)25(35)36)28-22(32)17(26)10-15-11-27-18-9-7-6-8-16(15)18/h6-9,11-14,17,19-21,27,31H,10,26H2,1-5H3,(H,28,32)(H,29,34)(H,30,33)(H,35,36). The van der Waals surface area contributed by atoms with Crippen LogP contribution in [0.1, 0.15) is 40.2 Å². The van der Waals surface area contributed by atoms with E-state index < -0.39 is 59.9 Å². The number of carboxylic acid groups (broad SMARTS) is 1. The highest BCUT2D eigenvalue weighted by Crippen LogP contribution is 2.19. The average molecular weight is 504 g/mol. The smallest absolute Gasteiger partial charge is 0.326 e. The highest BCUT2D eigenvalue weighted by Gasteiger charge is 2.34. The molecule has 0 aliphatic rings. The van der Waals surface area contributed by atoms with Crippen molar-refractivity contribution in [2.75, 3.05) is 0 Å². The van der Waals surface area contributed by atoms with Crippen molar-refractivity contribution in [3.8, 4) is 0 Å². The summed E-state index contributed by atoms with van der Waals surface area (Å²) in [7, 11) is 0. The van der Waals surface area contributed by atoms with Gasteiger partial charge in [-0.2, -0.15) is 0 Å². The van der Waals surface area contributed by atoms with Gasteiger partial charge in [0.25, 0.3) is 0 Å². The maximum atomic E-state index is 13.0. The van der Waals surface area contributed by atoms with Crippen LogP contribution in [0.5, 0.6) is 0 Å². The summed E-state index contributed by atoms with van der Waals surface area (Å²) in [5, 5.41) is 27.8. The summed E-state index contributed by atoms with van der Waals surface area (Å²) in [6.07, 6.45) is 0.716. The normalized spacial score (nSPS) is 15.7. The van der Waals surface area contributed by atoms with Crippen LogP contribution in [-0.2, 0) is 25.6 Å². The zero-order chi connectivity index (χ0) is 27.2. The lowest BCUT2D eigenvalue weighted by molar-refractivity contribution is -0.144. The van der Waals surface area contributed by atoms with E-state index in [4.69, 9.17) is 5.73 Å². The van der Waals surface area contributed by atoms with Crippen LogP contribution in [0.25, 0.3) is 10.9 Å². The Morgan fingerprint density at radius 2 is 1.39 bits per heavy atom. The molecular weight excluding hydrogens is 466 g/mol. The maximum Gasteiger partial charge on any atom is 0.326 e. The van der Waals surface area contributed by atoms with Crippen LogP contribution in [0, 0.1) is 11.8 Å². The largest absolute Gasteiger partial charge is 0.480 e. The minimum Gasteiger partial charge on any atom is -0.480 e.